The molecule has 0 N–H and O–H groups in total. The van der Waals surface area contributed by atoms with E-state index in [0.717, 1.165) is 5.56 Å². The number of nitrogens with zero attached hydrogens (tertiary/aromatic N) is 3. The van der Waals surface area contributed by atoms with E-state index < -0.39 is 10.0 Å². The highest BCUT2D eigenvalue weighted by Gasteiger charge is 2.39. The van der Waals surface area contributed by atoms with Crippen molar-refractivity contribution in [2.45, 2.75) is 70.2 Å². The molecule has 1 atom stereocenters. The third kappa shape index (κ3) is 4.42. The molecule has 1 aromatic carbocycles. The second-order valence-corrected chi connectivity index (χ2v) is 9.58. The Kier molecular flexibility index (Phi) is 5.74. The third-order valence-corrected chi connectivity index (χ3v) is 7.07. The number of aryl methyl sites for hydroxylation is 2. The number of benzene rings is 1. The molecule has 0 bridgehead atoms. The van der Waals surface area contributed by atoms with Gasteiger partial charge in [0.05, 0.1) is 11.3 Å². The Bertz CT molecular complexity index is 875. The molecule has 0 aliphatic carbocycles. The predicted octanol–water partition coefficient (Wildman–Crippen LogP) is 3.36. The summed E-state index contributed by atoms with van der Waals surface area (Å²) in [7, 11) is -3.67. The lowest BCUT2D eigenvalue weighted by Crippen LogP contribution is -2.48. The van der Waals surface area contributed by atoms with Gasteiger partial charge in [-0.3, -0.25) is 4.68 Å². The minimum absolute atomic E-state index is 0.108. The van der Waals surface area contributed by atoms with Crippen molar-refractivity contribution >= 4 is 10.0 Å². The van der Waals surface area contributed by atoms with Crippen LogP contribution in [0.2, 0.25) is 0 Å². The summed E-state index contributed by atoms with van der Waals surface area (Å²) in [5.41, 5.74) is 1.18. The maximum Gasteiger partial charge on any atom is 0.247 e. The molecule has 1 fully saturated rings. The molecular formula is C20H29N3O3S. The molecule has 1 saturated heterocycles. The minimum atomic E-state index is -3.67. The zero-order chi connectivity index (χ0) is 19.7. The van der Waals surface area contributed by atoms with Gasteiger partial charge in [-0.05, 0) is 46.1 Å². The normalized spacial score (nSPS) is 20.1. The van der Waals surface area contributed by atoms with E-state index in [9.17, 15) is 8.42 Å². The van der Waals surface area contributed by atoms with Crippen molar-refractivity contribution in [3.63, 3.8) is 0 Å². The fourth-order valence-electron chi connectivity index (χ4n) is 3.66. The van der Waals surface area contributed by atoms with Crippen LogP contribution in [0.1, 0.15) is 44.9 Å². The fraction of sp³-hybridized carbons (Fsp3) is 0.550. The molecule has 0 saturated carbocycles. The molecule has 7 heteroatoms. The Morgan fingerprint density at radius 1 is 1.30 bits per heavy atom. The Hall–Kier alpha value is -1.70. The maximum absolute atomic E-state index is 13.6. The summed E-state index contributed by atoms with van der Waals surface area (Å²) in [6.45, 7) is 9.30. The van der Waals surface area contributed by atoms with Gasteiger partial charge in [0.25, 0.3) is 0 Å². The van der Waals surface area contributed by atoms with Gasteiger partial charge in [-0.2, -0.15) is 9.40 Å². The average molecular weight is 392 g/mol. The van der Waals surface area contributed by atoms with Crippen LogP contribution in [0.25, 0.3) is 0 Å². The zero-order valence-corrected chi connectivity index (χ0v) is 17.4. The van der Waals surface area contributed by atoms with Crippen LogP contribution < -0.4 is 0 Å². The zero-order valence-electron chi connectivity index (χ0n) is 16.6. The Balaban J connectivity index is 2.01. The number of aromatic nitrogens is 2. The molecule has 1 aromatic heterocycles. The topological polar surface area (TPSA) is 64.4 Å². The van der Waals surface area contributed by atoms with Crippen LogP contribution in [0.3, 0.4) is 0 Å². The SMILES string of the molecule is CCn1cc(S(=O)(=O)N(Cc2ccccc2)C2CCOC(C)(C)C2)c(C)n1. The van der Waals surface area contributed by atoms with Crippen molar-refractivity contribution in [2.75, 3.05) is 6.61 Å². The highest BCUT2D eigenvalue weighted by atomic mass is 32.2. The molecule has 148 valence electrons. The number of rotatable bonds is 6. The number of sulfonamides is 1. The molecule has 0 amide bonds. The standard InChI is InChI=1S/C20H29N3O3S/c1-5-22-15-19(16(2)21-22)27(24,25)23(14-17-9-7-6-8-10-17)18-11-12-26-20(3,4)13-18/h6-10,15,18H,5,11-14H2,1-4H3. The lowest BCUT2D eigenvalue weighted by molar-refractivity contribution is -0.0735. The second-order valence-electron chi connectivity index (χ2n) is 7.73. The van der Waals surface area contributed by atoms with Crippen LogP contribution in [-0.2, 0) is 27.8 Å². The highest BCUT2D eigenvalue weighted by Crippen LogP contribution is 2.32. The summed E-state index contributed by atoms with van der Waals surface area (Å²) in [5.74, 6) is 0. The van der Waals surface area contributed by atoms with E-state index in [0.29, 0.717) is 43.1 Å². The van der Waals surface area contributed by atoms with Gasteiger partial charge in [0.1, 0.15) is 4.90 Å². The van der Waals surface area contributed by atoms with Crippen LogP contribution in [0.15, 0.2) is 41.4 Å². The van der Waals surface area contributed by atoms with E-state index in [1.807, 2.05) is 51.1 Å². The highest BCUT2D eigenvalue weighted by molar-refractivity contribution is 7.89. The summed E-state index contributed by atoms with van der Waals surface area (Å²) in [5, 5.41) is 4.34. The summed E-state index contributed by atoms with van der Waals surface area (Å²) in [6, 6.07) is 9.64. The molecule has 6 nitrogen and oxygen atoms in total. The first-order chi connectivity index (χ1) is 12.7. The van der Waals surface area contributed by atoms with E-state index in [4.69, 9.17) is 4.74 Å². The van der Waals surface area contributed by atoms with E-state index >= 15 is 0 Å². The number of hydrogen-bond donors (Lipinski definition) is 0. The number of ether oxygens (including phenoxy) is 1. The van der Waals surface area contributed by atoms with Crippen LogP contribution >= 0.6 is 0 Å². The first kappa shape index (κ1) is 20.0. The summed E-state index contributed by atoms with van der Waals surface area (Å²) >= 11 is 0. The number of hydrogen-bond acceptors (Lipinski definition) is 4. The van der Waals surface area contributed by atoms with Crippen molar-refractivity contribution in [3.05, 3.63) is 47.8 Å². The molecule has 0 radical (unpaired) electrons. The van der Waals surface area contributed by atoms with Gasteiger partial charge in [-0.15, -0.1) is 0 Å². The molecule has 3 rings (SSSR count). The first-order valence-electron chi connectivity index (χ1n) is 9.47. The van der Waals surface area contributed by atoms with Crippen LogP contribution in [0.5, 0.6) is 0 Å². The average Bonchev–Trinajstić information content (AvgIpc) is 3.01. The Morgan fingerprint density at radius 2 is 2.00 bits per heavy atom. The Labute approximate surface area is 162 Å². The molecule has 1 unspecified atom stereocenters. The van der Waals surface area contributed by atoms with Gasteiger partial charge < -0.3 is 4.74 Å². The van der Waals surface area contributed by atoms with Crippen molar-refractivity contribution in [2.24, 2.45) is 0 Å². The van der Waals surface area contributed by atoms with Crippen LogP contribution in [0.4, 0.5) is 0 Å². The first-order valence-corrected chi connectivity index (χ1v) is 10.9. The second kappa shape index (κ2) is 7.73. The molecular weight excluding hydrogens is 362 g/mol. The lowest BCUT2D eigenvalue weighted by Gasteiger charge is -2.40. The summed E-state index contributed by atoms with van der Waals surface area (Å²) in [4.78, 5) is 0.296. The van der Waals surface area contributed by atoms with Gasteiger partial charge in [0.2, 0.25) is 10.0 Å². The van der Waals surface area contributed by atoms with Gasteiger partial charge in [0.15, 0.2) is 0 Å². The van der Waals surface area contributed by atoms with Crippen LogP contribution in [0, 0.1) is 6.92 Å². The monoisotopic (exact) mass is 391 g/mol. The largest absolute Gasteiger partial charge is 0.375 e. The van der Waals surface area contributed by atoms with Gasteiger partial charge >= 0.3 is 0 Å². The minimum Gasteiger partial charge on any atom is -0.375 e. The smallest absolute Gasteiger partial charge is 0.247 e. The molecule has 1 aliphatic rings. The predicted molar refractivity (Wildman–Crippen MR) is 105 cm³/mol. The third-order valence-electron chi connectivity index (χ3n) is 5.07. The van der Waals surface area contributed by atoms with Crippen molar-refractivity contribution in [3.8, 4) is 0 Å². The van der Waals surface area contributed by atoms with E-state index in [-0.39, 0.29) is 11.6 Å². The quantitative estimate of drug-likeness (QED) is 0.757. The molecule has 0 spiro atoms. The molecule has 2 heterocycles. The van der Waals surface area contributed by atoms with Gasteiger partial charge in [-0.1, -0.05) is 30.3 Å². The lowest BCUT2D eigenvalue weighted by atomic mass is 9.94. The van der Waals surface area contributed by atoms with Crippen molar-refractivity contribution in [1.82, 2.24) is 14.1 Å². The van der Waals surface area contributed by atoms with Gasteiger partial charge in [-0.25, -0.2) is 8.42 Å². The Morgan fingerprint density at radius 3 is 2.59 bits per heavy atom. The molecule has 2 aromatic rings. The van der Waals surface area contributed by atoms with E-state index in [1.54, 1.807) is 22.1 Å². The molecule has 1 aliphatic heterocycles. The van der Waals surface area contributed by atoms with E-state index in [1.165, 1.54) is 0 Å². The van der Waals surface area contributed by atoms with Crippen molar-refractivity contribution in [1.29, 1.82) is 0 Å². The fourth-order valence-corrected chi connectivity index (χ4v) is 5.47. The molecule has 27 heavy (non-hydrogen) atoms. The summed E-state index contributed by atoms with van der Waals surface area (Å²) in [6.07, 6.45) is 3.00. The van der Waals surface area contributed by atoms with E-state index in [2.05, 4.69) is 5.10 Å². The van der Waals surface area contributed by atoms with Crippen LogP contribution in [-0.4, -0.2) is 40.8 Å². The summed E-state index contributed by atoms with van der Waals surface area (Å²) < 4.78 is 36.4. The van der Waals surface area contributed by atoms with Crippen molar-refractivity contribution < 1.29 is 13.2 Å². The van der Waals surface area contributed by atoms with Gasteiger partial charge in [0, 0.05) is 31.9 Å². The maximum atomic E-state index is 13.6.